The van der Waals surface area contributed by atoms with E-state index in [4.69, 9.17) is 9.47 Å². The van der Waals surface area contributed by atoms with Crippen LogP contribution >= 0.6 is 0 Å². The minimum atomic E-state index is -0.364. The lowest BCUT2D eigenvalue weighted by Gasteiger charge is -2.07. The summed E-state index contributed by atoms with van der Waals surface area (Å²) in [6.45, 7) is 4.42. The maximum atomic E-state index is 12.0. The van der Waals surface area contributed by atoms with Gasteiger partial charge in [0, 0.05) is 0 Å². The maximum Gasteiger partial charge on any atom is 0.343 e. The molecule has 0 radical (unpaired) electrons. The van der Waals surface area contributed by atoms with E-state index in [-0.39, 0.29) is 5.97 Å². The van der Waals surface area contributed by atoms with Crippen LogP contribution in [0.3, 0.4) is 0 Å². The lowest BCUT2D eigenvalue weighted by molar-refractivity contribution is 0.0733. The second-order valence-electron chi connectivity index (χ2n) is 4.11. The molecule has 0 atom stereocenters. The Hall–Kier alpha value is -2.29. The Morgan fingerprint density at radius 3 is 2.37 bits per heavy atom. The summed E-state index contributed by atoms with van der Waals surface area (Å²) >= 11 is 0. The van der Waals surface area contributed by atoms with Crippen LogP contribution in [-0.4, -0.2) is 12.6 Å². The third-order valence-electron chi connectivity index (χ3n) is 2.70. The van der Waals surface area contributed by atoms with Crippen molar-refractivity contribution in [1.29, 1.82) is 0 Å². The highest BCUT2D eigenvalue weighted by molar-refractivity contribution is 5.91. The van der Waals surface area contributed by atoms with Gasteiger partial charge in [0.25, 0.3) is 0 Å². The molecule has 2 aromatic rings. The van der Waals surface area contributed by atoms with Crippen LogP contribution in [0.2, 0.25) is 0 Å². The summed E-state index contributed by atoms with van der Waals surface area (Å²) in [5.41, 5.74) is 1.44. The average Bonchev–Trinajstić information content (AvgIpc) is 2.42. The molecule has 0 aliphatic carbocycles. The molecule has 0 aliphatic rings. The van der Waals surface area contributed by atoms with Gasteiger partial charge in [0.1, 0.15) is 11.5 Å². The van der Waals surface area contributed by atoms with Gasteiger partial charge in [-0.05, 0) is 49.7 Å². The molecular weight excluding hydrogens is 240 g/mol. The molecule has 0 unspecified atom stereocenters. The molecule has 98 valence electrons. The number of ether oxygens (including phenoxy) is 2. The minimum Gasteiger partial charge on any atom is -0.494 e. The summed E-state index contributed by atoms with van der Waals surface area (Å²) in [6, 6.07) is 14.4. The Kier molecular flexibility index (Phi) is 4.18. The van der Waals surface area contributed by atoms with Gasteiger partial charge >= 0.3 is 5.97 Å². The van der Waals surface area contributed by atoms with Crippen LogP contribution in [0.5, 0.6) is 11.5 Å². The zero-order valence-electron chi connectivity index (χ0n) is 11.1. The van der Waals surface area contributed by atoms with Crippen LogP contribution in [0.4, 0.5) is 0 Å². The van der Waals surface area contributed by atoms with Crippen molar-refractivity contribution in [2.24, 2.45) is 0 Å². The molecule has 0 heterocycles. The van der Waals surface area contributed by atoms with Crippen molar-refractivity contribution < 1.29 is 14.3 Å². The smallest absolute Gasteiger partial charge is 0.343 e. The number of benzene rings is 2. The first-order valence-electron chi connectivity index (χ1n) is 6.21. The first-order chi connectivity index (χ1) is 9.20. The molecule has 0 saturated heterocycles. The van der Waals surface area contributed by atoms with Crippen molar-refractivity contribution in [3.63, 3.8) is 0 Å². The van der Waals surface area contributed by atoms with Crippen LogP contribution < -0.4 is 9.47 Å². The molecule has 0 aliphatic heterocycles. The Balaban J connectivity index is 2.10. The molecule has 0 spiro atoms. The Labute approximate surface area is 112 Å². The number of para-hydroxylation sites is 1. The summed E-state index contributed by atoms with van der Waals surface area (Å²) in [6.07, 6.45) is 0. The fourth-order valence-corrected chi connectivity index (χ4v) is 1.68. The van der Waals surface area contributed by atoms with E-state index < -0.39 is 0 Å². The molecule has 0 fully saturated rings. The number of esters is 1. The van der Waals surface area contributed by atoms with Crippen LogP contribution in [0.1, 0.15) is 22.8 Å². The highest BCUT2D eigenvalue weighted by Gasteiger charge is 2.09. The fourth-order valence-electron chi connectivity index (χ4n) is 1.68. The molecule has 0 saturated carbocycles. The van der Waals surface area contributed by atoms with E-state index in [1.54, 1.807) is 30.3 Å². The maximum absolute atomic E-state index is 12.0. The van der Waals surface area contributed by atoms with E-state index in [1.165, 1.54) is 0 Å². The Morgan fingerprint density at radius 1 is 1.05 bits per heavy atom. The van der Waals surface area contributed by atoms with Gasteiger partial charge < -0.3 is 9.47 Å². The molecule has 3 nitrogen and oxygen atoms in total. The van der Waals surface area contributed by atoms with E-state index >= 15 is 0 Å². The first-order valence-corrected chi connectivity index (χ1v) is 6.21. The summed E-state index contributed by atoms with van der Waals surface area (Å²) in [5, 5.41) is 0. The molecule has 0 N–H and O–H groups in total. The third kappa shape index (κ3) is 3.35. The van der Waals surface area contributed by atoms with E-state index in [9.17, 15) is 4.79 Å². The van der Waals surface area contributed by atoms with Crippen molar-refractivity contribution in [3.05, 3.63) is 59.7 Å². The van der Waals surface area contributed by atoms with Crippen molar-refractivity contribution in [1.82, 2.24) is 0 Å². The quantitative estimate of drug-likeness (QED) is 0.619. The van der Waals surface area contributed by atoms with Crippen LogP contribution in [0.25, 0.3) is 0 Å². The number of rotatable bonds is 4. The molecule has 3 heteroatoms. The van der Waals surface area contributed by atoms with Crippen LogP contribution in [0.15, 0.2) is 48.5 Å². The molecular formula is C16H16O3. The number of aryl methyl sites for hydroxylation is 1. The number of hydrogen-bond donors (Lipinski definition) is 0. The summed E-state index contributed by atoms with van der Waals surface area (Å²) in [7, 11) is 0. The normalized spacial score (nSPS) is 10.0. The largest absolute Gasteiger partial charge is 0.494 e. The predicted octanol–water partition coefficient (Wildman–Crippen LogP) is 3.61. The highest BCUT2D eigenvalue weighted by Crippen LogP contribution is 2.19. The van der Waals surface area contributed by atoms with Crippen LogP contribution in [-0.2, 0) is 0 Å². The SMILES string of the molecule is CCOc1ccc(C(=O)Oc2ccccc2C)cc1. The zero-order chi connectivity index (χ0) is 13.7. The van der Waals surface area contributed by atoms with Gasteiger partial charge in [-0.15, -0.1) is 0 Å². The standard InChI is InChI=1S/C16H16O3/c1-3-18-14-10-8-13(9-11-14)16(17)19-15-7-5-4-6-12(15)2/h4-11H,3H2,1-2H3. The molecule has 2 rings (SSSR count). The van der Waals surface area contributed by atoms with Crippen molar-refractivity contribution in [2.45, 2.75) is 13.8 Å². The predicted molar refractivity (Wildman–Crippen MR) is 73.7 cm³/mol. The van der Waals surface area contributed by atoms with Crippen molar-refractivity contribution >= 4 is 5.97 Å². The lowest BCUT2D eigenvalue weighted by Crippen LogP contribution is -2.09. The Morgan fingerprint density at radius 2 is 1.74 bits per heavy atom. The molecule has 0 bridgehead atoms. The zero-order valence-corrected chi connectivity index (χ0v) is 11.1. The van der Waals surface area contributed by atoms with Crippen LogP contribution in [0, 0.1) is 6.92 Å². The number of carbonyl (C=O) groups excluding carboxylic acids is 1. The van der Waals surface area contributed by atoms with Gasteiger partial charge in [-0.3, -0.25) is 0 Å². The molecule has 19 heavy (non-hydrogen) atoms. The van der Waals surface area contributed by atoms with Gasteiger partial charge in [-0.2, -0.15) is 0 Å². The Bertz CT molecular complexity index is 558. The summed E-state index contributed by atoms with van der Waals surface area (Å²) in [4.78, 5) is 12.0. The fraction of sp³-hybridized carbons (Fsp3) is 0.188. The molecule has 2 aromatic carbocycles. The topological polar surface area (TPSA) is 35.5 Å². The summed E-state index contributed by atoms with van der Waals surface area (Å²) in [5.74, 6) is 0.966. The number of carbonyl (C=O) groups is 1. The summed E-state index contributed by atoms with van der Waals surface area (Å²) < 4.78 is 10.7. The second-order valence-corrected chi connectivity index (χ2v) is 4.11. The van der Waals surface area contributed by atoms with Gasteiger partial charge in [-0.25, -0.2) is 4.79 Å². The first kappa shape index (κ1) is 13.1. The number of hydrogen-bond acceptors (Lipinski definition) is 3. The van der Waals surface area contributed by atoms with E-state index in [0.29, 0.717) is 17.9 Å². The van der Waals surface area contributed by atoms with E-state index in [2.05, 4.69) is 0 Å². The monoisotopic (exact) mass is 256 g/mol. The average molecular weight is 256 g/mol. The highest BCUT2D eigenvalue weighted by atomic mass is 16.5. The van der Waals surface area contributed by atoms with Gasteiger partial charge in [-0.1, -0.05) is 18.2 Å². The van der Waals surface area contributed by atoms with E-state index in [1.807, 2.05) is 32.0 Å². The third-order valence-corrected chi connectivity index (χ3v) is 2.70. The van der Waals surface area contributed by atoms with Gasteiger partial charge in [0.15, 0.2) is 0 Å². The van der Waals surface area contributed by atoms with E-state index in [0.717, 1.165) is 11.3 Å². The second kappa shape index (κ2) is 6.05. The van der Waals surface area contributed by atoms with Crippen molar-refractivity contribution in [2.75, 3.05) is 6.61 Å². The minimum absolute atomic E-state index is 0.364. The molecule has 0 amide bonds. The van der Waals surface area contributed by atoms with Gasteiger partial charge in [0.05, 0.1) is 12.2 Å². The van der Waals surface area contributed by atoms with Crippen molar-refractivity contribution in [3.8, 4) is 11.5 Å². The van der Waals surface area contributed by atoms with Gasteiger partial charge in [0.2, 0.25) is 0 Å². The molecule has 0 aromatic heterocycles. The lowest BCUT2D eigenvalue weighted by atomic mass is 10.2.